The third-order valence-electron chi connectivity index (χ3n) is 4.16. The summed E-state index contributed by atoms with van der Waals surface area (Å²) < 4.78 is 1.04. The molecule has 3 atom stereocenters. The van der Waals surface area contributed by atoms with Crippen LogP contribution < -0.4 is 5.73 Å². The van der Waals surface area contributed by atoms with Gasteiger partial charge in [-0.05, 0) is 43.2 Å². The second kappa shape index (κ2) is 4.91. The van der Waals surface area contributed by atoms with Gasteiger partial charge in [0.15, 0.2) is 0 Å². The number of nitrogens with two attached hydrogens (primary N) is 1. The summed E-state index contributed by atoms with van der Waals surface area (Å²) in [5.74, 6) is 1.41. The topological polar surface area (TPSA) is 26.0 Å². The van der Waals surface area contributed by atoms with Gasteiger partial charge in [0, 0.05) is 20.6 Å². The van der Waals surface area contributed by atoms with E-state index in [2.05, 4.69) is 29.8 Å². The quantitative estimate of drug-likeness (QED) is 0.797. The lowest BCUT2D eigenvalue weighted by atomic mass is 9.69. The minimum Gasteiger partial charge on any atom is -0.321 e. The van der Waals surface area contributed by atoms with E-state index in [0.717, 1.165) is 33.8 Å². The molecule has 0 radical (unpaired) electrons. The van der Waals surface area contributed by atoms with Gasteiger partial charge in [-0.1, -0.05) is 47.4 Å². The summed E-state index contributed by atoms with van der Waals surface area (Å²) >= 11 is 9.92. The molecule has 3 heteroatoms. The first-order chi connectivity index (χ1) is 7.94. The maximum atomic E-state index is 6.62. The monoisotopic (exact) mass is 315 g/mol. The zero-order valence-electron chi connectivity index (χ0n) is 10.3. The molecule has 1 aliphatic rings. The van der Waals surface area contributed by atoms with Gasteiger partial charge in [0.1, 0.15) is 0 Å². The fraction of sp³-hybridized carbons (Fsp3) is 0.571. The molecule has 0 saturated heterocycles. The summed E-state index contributed by atoms with van der Waals surface area (Å²) in [6.45, 7) is 4.60. The smallest absolute Gasteiger partial charge is 0.0467 e. The van der Waals surface area contributed by atoms with Gasteiger partial charge in [-0.2, -0.15) is 0 Å². The van der Waals surface area contributed by atoms with Crippen LogP contribution >= 0.6 is 27.5 Å². The van der Waals surface area contributed by atoms with Gasteiger partial charge in [0.25, 0.3) is 0 Å². The van der Waals surface area contributed by atoms with Crippen LogP contribution in [-0.2, 0) is 5.54 Å². The zero-order chi connectivity index (χ0) is 12.6. The van der Waals surface area contributed by atoms with Crippen molar-refractivity contribution < 1.29 is 0 Å². The van der Waals surface area contributed by atoms with Gasteiger partial charge >= 0.3 is 0 Å². The molecule has 2 rings (SSSR count). The zero-order valence-corrected chi connectivity index (χ0v) is 12.7. The SMILES string of the molecule is CC1CCC(N)(c2c(Cl)cccc2Br)CC1C. The van der Waals surface area contributed by atoms with Crippen molar-refractivity contribution >= 4 is 27.5 Å². The summed E-state index contributed by atoms with van der Waals surface area (Å²) in [4.78, 5) is 0. The van der Waals surface area contributed by atoms with Crippen molar-refractivity contribution in [2.24, 2.45) is 17.6 Å². The maximum absolute atomic E-state index is 6.62. The highest BCUT2D eigenvalue weighted by atomic mass is 79.9. The molecule has 17 heavy (non-hydrogen) atoms. The highest BCUT2D eigenvalue weighted by molar-refractivity contribution is 9.10. The minimum absolute atomic E-state index is 0.275. The largest absolute Gasteiger partial charge is 0.321 e. The Hall–Kier alpha value is -0.0500. The number of hydrogen-bond acceptors (Lipinski definition) is 1. The molecule has 1 saturated carbocycles. The van der Waals surface area contributed by atoms with E-state index in [0.29, 0.717) is 5.92 Å². The van der Waals surface area contributed by atoms with Crippen LogP contribution in [0.5, 0.6) is 0 Å². The average Bonchev–Trinajstić information content (AvgIpc) is 2.24. The first-order valence-corrected chi connectivity index (χ1v) is 7.34. The molecule has 94 valence electrons. The lowest BCUT2D eigenvalue weighted by Crippen LogP contribution is -2.43. The van der Waals surface area contributed by atoms with Crippen LogP contribution in [0.15, 0.2) is 22.7 Å². The Morgan fingerprint density at radius 2 is 2.06 bits per heavy atom. The predicted molar refractivity (Wildman–Crippen MR) is 77.2 cm³/mol. The van der Waals surface area contributed by atoms with Gasteiger partial charge in [-0.15, -0.1) is 0 Å². The van der Waals surface area contributed by atoms with E-state index in [9.17, 15) is 0 Å². The van der Waals surface area contributed by atoms with Gasteiger partial charge in [-0.3, -0.25) is 0 Å². The van der Waals surface area contributed by atoms with Crippen molar-refractivity contribution in [2.75, 3.05) is 0 Å². The molecule has 1 aliphatic carbocycles. The third-order valence-corrected chi connectivity index (χ3v) is 5.14. The second-order valence-corrected chi connectivity index (χ2v) is 6.71. The fourth-order valence-electron chi connectivity index (χ4n) is 2.85. The molecular formula is C14H19BrClN. The number of benzene rings is 1. The Morgan fingerprint density at radius 3 is 2.65 bits per heavy atom. The highest BCUT2D eigenvalue weighted by Crippen LogP contribution is 2.45. The van der Waals surface area contributed by atoms with Crippen molar-refractivity contribution in [1.29, 1.82) is 0 Å². The molecule has 1 aromatic rings. The van der Waals surface area contributed by atoms with Crippen molar-refractivity contribution in [3.8, 4) is 0 Å². The van der Waals surface area contributed by atoms with Gasteiger partial charge in [-0.25, -0.2) is 0 Å². The molecule has 0 amide bonds. The van der Waals surface area contributed by atoms with Crippen LogP contribution in [0, 0.1) is 11.8 Å². The Balaban J connectivity index is 2.39. The lowest BCUT2D eigenvalue weighted by Gasteiger charge is -2.41. The first-order valence-electron chi connectivity index (χ1n) is 6.17. The van der Waals surface area contributed by atoms with Crippen LogP contribution in [0.1, 0.15) is 38.7 Å². The van der Waals surface area contributed by atoms with Crippen molar-refractivity contribution in [3.05, 3.63) is 33.3 Å². The molecule has 2 N–H and O–H groups in total. The number of hydrogen-bond donors (Lipinski definition) is 1. The van der Waals surface area contributed by atoms with E-state index < -0.39 is 0 Å². The molecule has 0 heterocycles. The summed E-state index contributed by atoms with van der Waals surface area (Å²) in [6, 6.07) is 5.91. The second-order valence-electron chi connectivity index (χ2n) is 5.45. The van der Waals surface area contributed by atoms with E-state index >= 15 is 0 Å². The fourth-order valence-corrected chi connectivity index (χ4v) is 4.09. The van der Waals surface area contributed by atoms with E-state index in [1.54, 1.807) is 0 Å². The lowest BCUT2D eigenvalue weighted by molar-refractivity contribution is 0.176. The van der Waals surface area contributed by atoms with E-state index in [1.807, 2.05) is 18.2 Å². The normalized spacial score (nSPS) is 33.7. The molecule has 1 fully saturated rings. The summed E-state index contributed by atoms with van der Waals surface area (Å²) in [5, 5.41) is 0.781. The van der Waals surface area contributed by atoms with Crippen LogP contribution in [-0.4, -0.2) is 0 Å². The molecule has 1 aromatic carbocycles. The van der Waals surface area contributed by atoms with Crippen molar-refractivity contribution in [1.82, 2.24) is 0 Å². The molecule has 3 unspecified atom stereocenters. The van der Waals surface area contributed by atoms with E-state index in [1.165, 1.54) is 6.42 Å². The van der Waals surface area contributed by atoms with Crippen LogP contribution in [0.3, 0.4) is 0 Å². The molecule has 0 spiro atoms. The minimum atomic E-state index is -0.275. The van der Waals surface area contributed by atoms with Gasteiger partial charge < -0.3 is 5.73 Å². The predicted octanol–water partition coefficient (Wildman–Crippen LogP) is 4.71. The summed E-state index contributed by atoms with van der Waals surface area (Å²) in [7, 11) is 0. The van der Waals surface area contributed by atoms with E-state index in [4.69, 9.17) is 17.3 Å². The molecule has 0 aromatic heterocycles. The van der Waals surface area contributed by atoms with Crippen LogP contribution in [0.25, 0.3) is 0 Å². The Bertz CT molecular complexity index is 400. The van der Waals surface area contributed by atoms with Gasteiger partial charge in [0.2, 0.25) is 0 Å². The van der Waals surface area contributed by atoms with Crippen LogP contribution in [0.2, 0.25) is 5.02 Å². The molecule has 1 nitrogen and oxygen atoms in total. The molecule has 0 aliphatic heterocycles. The third kappa shape index (κ3) is 2.54. The maximum Gasteiger partial charge on any atom is 0.0467 e. The van der Waals surface area contributed by atoms with Crippen molar-refractivity contribution in [2.45, 2.75) is 38.6 Å². The average molecular weight is 317 g/mol. The Labute approximate surface area is 117 Å². The summed E-state index contributed by atoms with van der Waals surface area (Å²) in [5.41, 5.74) is 7.43. The Morgan fingerprint density at radius 1 is 1.35 bits per heavy atom. The molecular weight excluding hydrogens is 298 g/mol. The first kappa shape index (κ1) is 13.4. The highest BCUT2D eigenvalue weighted by Gasteiger charge is 2.38. The standard InChI is InChI=1S/C14H19BrClN/c1-9-6-7-14(17,8-10(9)2)13-11(15)4-3-5-12(13)16/h3-5,9-10H,6-8,17H2,1-2H3. The van der Waals surface area contributed by atoms with Crippen molar-refractivity contribution in [3.63, 3.8) is 0 Å². The number of halogens is 2. The van der Waals surface area contributed by atoms with Crippen LogP contribution in [0.4, 0.5) is 0 Å². The molecule has 0 bridgehead atoms. The summed E-state index contributed by atoms with van der Waals surface area (Å²) in [6.07, 6.45) is 3.20. The van der Waals surface area contributed by atoms with Gasteiger partial charge in [0.05, 0.1) is 0 Å². The Kier molecular flexibility index (Phi) is 3.86. The van der Waals surface area contributed by atoms with E-state index in [-0.39, 0.29) is 5.54 Å². The number of rotatable bonds is 1.